The summed E-state index contributed by atoms with van der Waals surface area (Å²) in [6, 6.07) is 4.17. The Morgan fingerprint density at radius 1 is 1.25 bits per heavy atom. The van der Waals surface area contributed by atoms with E-state index in [9.17, 15) is 22.8 Å². The first-order valence-electron chi connectivity index (χ1n) is 4.16. The van der Waals surface area contributed by atoms with Crippen molar-refractivity contribution in [1.82, 2.24) is 0 Å². The molecule has 0 fully saturated rings. The van der Waals surface area contributed by atoms with Gasteiger partial charge in [-0.05, 0) is 12.1 Å². The third-order valence-corrected chi connectivity index (χ3v) is 1.85. The topological polar surface area (TPSA) is 43.4 Å². The Balaban J connectivity index is 3.12. The van der Waals surface area contributed by atoms with Crippen molar-refractivity contribution < 1.29 is 27.5 Å². The maximum absolute atomic E-state index is 13.1. The Kier molecular flexibility index (Phi) is 3.31. The normalized spacial score (nSPS) is 11.0. The standard InChI is InChI=1S/C10H7F3O3/c1-16-9(15)10(12,13)8(14)6-4-2-3-5-7(6)11/h2-5H,1H3. The second-order valence-corrected chi connectivity index (χ2v) is 2.87. The average molecular weight is 232 g/mol. The lowest BCUT2D eigenvalue weighted by atomic mass is 10.1. The molecule has 86 valence electrons. The molecule has 0 aliphatic carbocycles. The first-order chi connectivity index (χ1) is 7.41. The Bertz CT molecular complexity index is 429. The number of carbonyl (C=O) groups excluding carboxylic acids is 2. The van der Waals surface area contributed by atoms with Crippen LogP contribution in [0.2, 0.25) is 0 Å². The van der Waals surface area contributed by atoms with Gasteiger partial charge in [0.2, 0.25) is 5.78 Å². The number of rotatable bonds is 3. The zero-order chi connectivity index (χ0) is 12.3. The fourth-order valence-corrected chi connectivity index (χ4v) is 1.04. The van der Waals surface area contributed by atoms with Gasteiger partial charge in [0.25, 0.3) is 0 Å². The quantitative estimate of drug-likeness (QED) is 0.453. The molecule has 0 N–H and O–H groups in total. The maximum Gasteiger partial charge on any atom is 0.404 e. The summed E-state index contributed by atoms with van der Waals surface area (Å²) < 4.78 is 43.0. The highest BCUT2D eigenvalue weighted by Gasteiger charge is 2.49. The van der Waals surface area contributed by atoms with Gasteiger partial charge in [-0.15, -0.1) is 0 Å². The van der Waals surface area contributed by atoms with Gasteiger partial charge < -0.3 is 4.74 Å². The molecule has 0 unspecified atom stereocenters. The van der Waals surface area contributed by atoms with Gasteiger partial charge in [-0.2, -0.15) is 8.78 Å². The number of hydrogen-bond acceptors (Lipinski definition) is 3. The Morgan fingerprint density at radius 2 is 1.81 bits per heavy atom. The minimum atomic E-state index is -4.38. The number of Topliss-reactive ketones (excluding diaryl/α,β-unsaturated/α-hetero) is 1. The summed E-state index contributed by atoms with van der Waals surface area (Å²) >= 11 is 0. The monoisotopic (exact) mass is 232 g/mol. The summed E-state index contributed by atoms with van der Waals surface area (Å²) in [5, 5.41) is 0. The van der Waals surface area contributed by atoms with Gasteiger partial charge in [0.1, 0.15) is 5.82 Å². The van der Waals surface area contributed by atoms with Crippen molar-refractivity contribution in [2.75, 3.05) is 7.11 Å². The third-order valence-electron chi connectivity index (χ3n) is 1.85. The molecule has 0 amide bonds. The maximum atomic E-state index is 13.1. The van der Waals surface area contributed by atoms with Crippen LogP contribution in [0.1, 0.15) is 10.4 Å². The molecule has 0 bridgehead atoms. The molecule has 1 aromatic carbocycles. The smallest absolute Gasteiger partial charge is 0.404 e. The van der Waals surface area contributed by atoms with E-state index >= 15 is 0 Å². The molecule has 0 atom stereocenters. The SMILES string of the molecule is COC(=O)C(F)(F)C(=O)c1ccccc1F. The van der Waals surface area contributed by atoms with Crippen LogP contribution >= 0.6 is 0 Å². The molecule has 0 aromatic heterocycles. The molecule has 0 aliphatic heterocycles. The molecule has 0 saturated carbocycles. The number of esters is 1. The summed E-state index contributed by atoms with van der Waals surface area (Å²) in [5.41, 5.74) is -0.849. The van der Waals surface area contributed by atoms with Gasteiger partial charge in [-0.25, -0.2) is 9.18 Å². The van der Waals surface area contributed by atoms with E-state index in [1.54, 1.807) is 0 Å². The molecule has 1 rings (SSSR count). The van der Waals surface area contributed by atoms with Crippen LogP contribution < -0.4 is 0 Å². The van der Waals surface area contributed by atoms with Gasteiger partial charge in [-0.1, -0.05) is 12.1 Å². The van der Waals surface area contributed by atoms with Gasteiger partial charge >= 0.3 is 11.9 Å². The number of hydrogen-bond donors (Lipinski definition) is 0. The van der Waals surface area contributed by atoms with E-state index in [-0.39, 0.29) is 0 Å². The van der Waals surface area contributed by atoms with Crippen LogP contribution in [0, 0.1) is 5.82 Å². The Labute approximate surface area is 88.8 Å². The van der Waals surface area contributed by atoms with Crippen molar-refractivity contribution in [3.63, 3.8) is 0 Å². The van der Waals surface area contributed by atoms with Crippen LogP contribution in [-0.2, 0) is 9.53 Å². The fraction of sp³-hybridized carbons (Fsp3) is 0.200. The lowest BCUT2D eigenvalue weighted by Gasteiger charge is -2.12. The average Bonchev–Trinajstić information content (AvgIpc) is 2.27. The molecule has 0 aliphatic rings. The molecule has 0 radical (unpaired) electrons. The number of halogens is 3. The van der Waals surface area contributed by atoms with Gasteiger partial charge in [0, 0.05) is 0 Å². The van der Waals surface area contributed by atoms with Crippen molar-refractivity contribution in [3.8, 4) is 0 Å². The second-order valence-electron chi connectivity index (χ2n) is 2.87. The first-order valence-corrected chi connectivity index (χ1v) is 4.16. The van der Waals surface area contributed by atoms with E-state index < -0.39 is 29.1 Å². The molecular weight excluding hydrogens is 225 g/mol. The predicted molar refractivity (Wildman–Crippen MR) is 47.7 cm³/mol. The van der Waals surface area contributed by atoms with E-state index in [1.165, 1.54) is 12.1 Å². The molecule has 0 saturated heterocycles. The predicted octanol–water partition coefficient (Wildman–Crippen LogP) is 1.82. The Hall–Kier alpha value is -1.85. The Morgan fingerprint density at radius 3 is 2.31 bits per heavy atom. The van der Waals surface area contributed by atoms with Crippen LogP contribution in [-0.4, -0.2) is 24.8 Å². The van der Waals surface area contributed by atoms with Crippen molar-refractivity contribution in [2.45, 2.75) is 5.92 Å². The summed E-state index contributed by atoms with van der Waals surface area (Å²) in [6.07, 6.45) is 0. The molecule has 0 heterocycles. The number of benzene rings is 1. The van der Waals surface area contributed by atoms with Gasteiger partial charge in [0.15, 0.2) is 0 Å². The van der Waals surface area contributed by atoms with E-state index in [0.717, 1.165) is 12.1 Å². The number of carbonyl (C=O) groups is 2. The fourth-order valence-electron chi connectivity index (χ4n) is 1.04. The van der Waals surface area contributed by atoms with E-state index in [2.05, 4.69) is 4.74 Å². The number of methoxy groups -OCH3 is 1. The van der Waals surface area contributed by atoms with Gasteiger partial charge in [0.05, 0.1) is 12.7 Å². The molecule has 6 heteroatoms. The summed E-state index contributed by atoms with van der Waals surface area (Å²) in [7, 11) is 0.713. The van der Waals surface area contributed by atoms with Crippen LogP contribution in [0.15, 0.2) is 24.3 Å². The molecule has 16 heavy (non-hydrogen) atoms. The largest absolute Gasteiger partial charge is 0.464 e. The first kappa shape index (κ1) is 12.2. The molecule has 1 aromatic rings. The number of ether oxygens (including phenoxy) is 1. The van der Waals surface area contributed by atoms with E-state index in [1.807, 2.05) is 0 Å². The molecule has 0 spiro atoms. The number of alkyl halides is 2. The minimum Gasteiger partial charge on any atom is -0.464 e. The lowest BCUT2D eigenvalue weighted by molar-refractivity contribution is -0.161. The highest BCUT2D eigenvalue weighted by atomic mass is 19.3. The summed E-state index contributed by atoms with van der Waals surface area (Å²) in [4.78, 5) is 21.8. The van der Waals surface area contributed by atoms with E-state index in [0.29, 0.717) is 7.11 Å². The number of ketones is 1. The zero-order valence-electron chi connectivity index (χ0n) is 8.17. The second kappa shape index (κ2) is 4.34. The van der Waals surface area contributed by atoms with Crippen molar-refractivity contribution in [2.24, 2.45) is 0 Å². The molecule has 3 nitrogen and oxygen atoms in total. The summed E-state index contributed by atoms with van der Waals surface area (Å²) in [5.74, 6) is -9.42. The van der Waals surface area contributed by atoms with Crippen LogP contribution in [0.3, 0.4) is 0 Å². The highest BCUT2D eigenvalue weighted by molar-refractivity contribution is 6.13. The van der Waals surface area contributed by atoms with Crippen LogP contribution in [0.4, 0.5) is 13.2 Å². The third kappa shape index (κ3) is 2.05. The van der Waals surface area contributed by atoms with Gasteiger partial charge in [-0.3, -0.25) is 4.79 Å². The van der Waals surface area contributed by atoms with Crippen molar-refractivity contribution >= 4 is 11.8 Å². The van der Waals surface area contributed by atoms with Crippen LogP contribution in [0.25, 0.3) is 0 Å². The van der Waals surface area contributed by atoms with Crippen LogP contribution in [0.5, 0.6) is 0 Å². The van der Waals surface area contributed by atoms with Crippen molar-refractivity contribution in [3.05, 3.63) is 35.6 Å². The summed E-state index contributed by atoms with van der Waals surface area (Å²) in [6.45, 7) is 0. The minimum absolute atomic E-state index is 0.713. The van der Waals surface area contributed by atoms with E-state index in [4.69, 9.17) is 0 Å². The highest BCUT2D eigenvalue weighted by Crippen LogP contribution is 2.23. The lowest BCUT2D eigenvalue weighted by Crippen LogP contribution is -2.39. The van der Waals surface area contributed by atoms with Crippen molar-refractivity contribution in [1.29, 1.82) is 0 Å². The zero-order valence-corrected chi connectivity index (χ0v) is 8.17. The molecular formula is C10H7F3O3.